The lowest BCUT2D eigenvalue weighted by atomic mass is 10.3. The number of aromatic hydroxyl groups is 1. The largest absolute Gasteiger partial charge is 0.503 e. The molecule has 0 saturated heterocycles. The summed E-state index contributed by atoms with van der Waals surface area (Å²) in [4.78, 5) is 12.8. The summed E-state index contributed by atoms with van der Waals surface area (Å²) in [5.41, 5.74) is -1.81. The number of aromatic amines is 1. The Morgan fingerprint density at radius 1 is 1.58 bits per heavy atom. The summed E-state index contributed by atoms with van der Waals surface area (Å²) in [5, 5.41) is 8.52. The van der Waals surface area contributed by atoms with Gasteiger partial charge in [-0.1, -0.05) is 11.6 Å². The molecule has 3 nitrogen and oxygen atoms in total. The van der Waals surface area contributed by atoms with Gasteiger partial charge in [0.15, 0.2) is 5.75 Å². The first-order valence-corrected chi connectivity index (χ1v) is 3.30. The molecule has 0 radical (unpaired) electrons. The molecule has 0 aromatic carbocycles. The van der Waals surface area contributed by atoms with Gasteiger partial charge < -0.3 is 10.1 Å². The van der Waals surface area contributed by atoms with Crippen LogP contribution in [0, 0.1) is 0 Å². The van der Waals surface area contributed by atoms with E-state index >= 15 is 0 Å². The maximum Gasteiger partial charge on any atom is 0.282 e. The van der Waals surface area contributed by atoms with Crippen LogP contribution >= 0.6 is 11.6 Å². The maximum absolute atomic E-state index is 12.0. The molecule has 0 aliphatic carbocycles. The van der Waals surface area contributed by atoms with E-state index in [0.29, 0.717) is 0 Å². The summed E-state index contributed by atoms with van der Waals surface area (Å²) < 4.78 is 23.9. The van der Waals surface area contributed by atoms with Crippen LogP contribution in [0.4, 0.5) is 8.78 Å². The van der Waals surface area contributed by atoms with Crippen molar-refractivity contribution in [2.45, 2.75) is 6.43 Å². The van der Waals surface area contributed by atoms with Crippen LogP contribution in [0.2, 0.25) is 5.02 Å². The Morgan fingerprint density at radius 2 is 2.17 bits per heavy atom. The molecule has 1 heterocycles. The zero-order valence-corrected chi connectivity index (χ0v) is 6.40. The molecule has 12 heavy (non-hydrogen) atoms. The summed E-state index contributed by atoms with van der Waals surface area (Å²) in [6.07, 6.45) is -2.01. The van der Waals surface area contributed by atoms with Crippen molar-refractivity contribution in [2.75, 3.05) is 0 Å². The molecular weight excluding hydrogens is 192 g/mol. The molecule has 0 bridgehead atoms. The number of hydrogen-bond donors (Lipinski definition) is 2. The van der Waals surface area contributed by atoms with Gasteiger partial charge in [-0.25, -0.2) is 8.78 Å². The van der Waals surface area contributed by atoms with Crippen molar-refractivity contribution < 1.29 is 13.9 Å². The van der Waals surface area contributed by atoms with Crippen molar-refractivity contribution in [2.24, 2.45) is 0 Å². The highest BCUT2D eigenvalue weighted by Gasteiger charge is 2.16. The van der Waals surface area contributed by atoms with E-state index in [1.807, 2.05) is 4.98 Å². The van der Waals surface area contributed by atoms with Gasteiger partial charge in [-0.15, -0.1) is 0 Å². The summed E-state index contributed by atoms with van der Waals surface area (Å²) >= 11 is 5.24. The minimum absolute atomic E-state index is 0.322. The lowest BCUT2D eigenvalue weighted by Crippen LogP contribution is -2.06. The highest BCUT2D eigenvalue weighted by molar-refractivity contribution is 6.30. The smallest absolute Gasteiger partial charge is 0.282 e. The molecule has 1 aromatic rings. The van der Waals surface area contributed by atoms with E-state index in [1.165, 1.54) is 0 Å². The van der Waals surface area contributed by atoms with Gasteiger partial charge >= 0.3 is 0 Å². The second-order valence-electron chi connectivity index (χ2n) is 2.03. The van der Waals surface area contributed by atoms with E-state index < -0.39 is 23.3 Å². The van der Waals surface area contributed by atoms with Crippen LogP contribution in [0.1, 0.15) is 12.1 Å². The predicted octanol–water partition coefficient (Wildman–Crippen LogP) is 1.67. The minimum atomic E-state index is -2.92. The van der Waals surface area contributed by atoms with Crippen LogP contribution in [0.25, 0.3) is 0 Å². The Morgan fingerprint density at radius 3 is 2.67 bits per heavy atom. The van der Waals surface area contributed by atoms with E-state index in [0.717, 1.165) is 6.20 Å². The molecule has 0 aliphatic heterocycles. The highest BCUT2D eigenvalue weighted by atomic mass is 35.5. The van der Waals surface area contributed by atoms with Gasteiger partial charge in [0.2, 0.25) is 5.43 Å². The van der Waals surface area contributed by atoms with E-state index in [2.05, 4.69) is 0 Å². The molecule has 0 unspecified atom stereocenters. The second kappa shape index (κ2) is 3.10. The Hall–Kier alpha value is -1.10. The third-order valence-corrected chi connectivity index (χ3v) is 1.54. The third kappa shape index (κ3) is 1.40. The van der Waals surface area contributed by atoms with Gasteiger partial charge in [0, 0.05) is 6.20 Å². The summed E-state index contributed by atoms with van der Waals surface area (Å²) in [7, 11) is 0. The Bertz CT molecular complexity index is 350. The quantitative estimate of drug-likeness (QED) is 0.716. The number of aromatic nitrogens is 1. The fourth-order valence-corrected chi connectivity index (χ4v) is 0.821. The average molecular weight is 196 g/mol. The first-order chi connectivity index (χ1) is 5.54. The summed E-state index contributed by atoms with van der Waals surface area (Å²) in [5.74, 6) is -1.03. The Balaban J connectivity index is 3.37. The molecule has 0 saturated carbocycles. The van der Waals surface area contributed by atoms with Crippen LogP contribution in [0.3, 0.4) is 0 Å². The summed E-state index contributed by atoms with van der Waals surface area (Å²) in [6.45, 7) is 0. The summed E-state index contributed by atoms with van der Waals surface area (Å²) in [6, 6.07) is 0. The van der Waals surface area contributed by atoms with Crippen LogP contribution in [-0.2, 0) is 0 Å². The number of nitrogens with one attached hydrogen (secondary N) is 1. The molecule has 66 valence electrons. The molecule has 0 amide bonds. The normalized spacial score (nSPS) is 10.7. The SMILES string of the molecule is O=c1c(Cl)c[nH]c(C(F)F)c1O. The van der Waals surface area contributed by atoms with Crippen molar-refractivity contribution in [3.05, 3.63) is 27.1 Å². The van der Waals surface area contributed by atoms with Gasteiger partial charge in [0.05, 0.1) is 0 Å². The molecule has 6 heteroatoms. The molecule has 1 aromatic heterocycles. The molecule has 0 spiro atoms. The molecule has 0 fully saturated rings. The van der Waals surface area contributed by atoms with E-state index in [-0.39, 0.29) is 5.02 Å². The van der Waals surface area contributed by atoms with Gasteiger partial charge in [0.25, 0.3) is 6.43 Å². The first-order valence-electron chi connectivity index (χ1n) is 2.92. The molecule has 1 rings (SSSR count). The third-order valence-electron chi connectivity index (χ3n) is 1.26. The average Bonchev–Trinajstić information content (AvgIpc) is 2.00. The zero-order valence-electron chi connectivity index (χ0n) is 5.64. The Labute approximate surface area is 70.6 Å². The van der Waals surface area contributed by atoms with Gasteiger partial charge in [0.1, 0.15) is 10.7 Å². The van der Waals surface area contributed by atoms with Crippen LogP contribution in [0.15, 0.2) is 11.0 Å². The first kappa shape index (κ1) is 8.99. The Kier molecular flexibility index (Phi) is 2.32. The number of alkyl halides is 2. The predicted molar refractivity (Wildman–Crippen MR) is 38.7 cm³/mol. The minimum Gasteiger partial charge on any atom is -0.503 e. The lowest BCUT2D eigenvalue weighted by molar-refractivity contribution is 0.141. The number of halogens is 3. The molecule has 0 atom stereocenters. The lowest BCUT2D eigenvalue weighted by Gasteiger charge is -2.01. The highest BCUT2D eigenvalue weighted by Crippen LogP contribution is 2.23. The molecular formula is C6H4ClF2NO2. The van der Waals surface area contributed by atoms with Crippen molar-refractivity contribution in [3.63, 3.8) is 0 Å². The van der Waals surface area contributed by atoms with Gasteiger partial charge in [-0.3, -0.25) is 4.79 Å². The van der Waals surface area contributed by atoms with Crippen LogP contribution in [-0.4, -0.2) is 10.1 Å². The maximum atomic E-state index is 12.0. The number of rotatable bonds is 1. The van der Waals surface area contributed by atoms with Crippen molar-refractivity contribution in [1.82, 2.24) is 4.98 Å². The second-order valence-corrected chi connectivity index (χ2v) is 2.44. The standard InChI is InChI=1S/C6H4ClF2NO2/c7-2-1-10-3(6(8)9)5(12)4(2)11/h1,6,12H,(H,10,11). The van der Waals surface area contributed by atoms with E-state index in [1.54, 1.807) is 0 Å². The molecule has 0 aliphatic rings. The number of hydrogen-bond acceptors (Lipinski definition) is 2. The number of pyridine rings is 1. The van der Waals surface area contributed by atoms with Crippen molar-refractivity contribution in [1.29, 1.82) is 0 Å². The van der Waals surface area contributed by atoms with Crippen LogP contribution in [0.5, 0.6) is 5.75 Å². The van der Waals surface area contributed by atoms with Crippen LogP contribution < -0.4 is 5.43 Å². The fourth-order valence-electron chi connectivity index (χ4n) is 0.677. The molecule has 2 N–H and O–H groups in total. The van der Waals surface area contributed by atoms with Gasteiger partial charge in [-0.2, -0.15) is 0 Å². The van der Waals surface area contributed by atoms with Crippen molar-refractivity contribution >= 4 is 11.6 Å². The van der Waals surface area contributed by atoms with E-state index in [4.69, 9.17) is 16.7 Å². The van der Waals surface area contributed by atoms with E-state index in [9.17, 15) is 13.6 Å². The fraction of sp³-hybridized carbons (Fsp3) is 0.167. The zero-order chi connectivity index (χ0) is 9.30. The van der Waals surface area contributed by atoms with Crippen molar-refractivity contribution in [3.8, 4) is 5.75 Å². The number of H-pyrrole nitrogens is 1. The van der Waals surface area contributed by atoms with Gasteiger partial charge in [-0.05, 0) is 0 Å². The topological polar surface area (TPSA) is 53.1 Å². The monoisotopic (exact) mass is 195 g/mol.